The zero-order valence-corrected chi connectivity index (χ0v) is 12.5. The van der Waals surface area contributed by atoms with Crippen molar-refractivity contribution >= 4 is 29.1 Å². The van der Waals surface area contributed by atoms with Gasteiger partial charge in [0.2, 0.25) is 0 Å². The summed E-state index contributed by atoms with van der Waals surface area (Å²) in [4.78, 5) is 14.3. The molecule has 1 amide bonds. The predicted molar refractivity (Wildman–Crippen MR) is 79.0 cm³/mol. The van der Waals surface area contributed by atoms with E-state index in [1.807, 2.05) is 11.9 Å². The normalized spacial score (nSPS) is 16.7. The highest BCUT2D eigenvalue weighted by Crippen LogP contribution is 2.27. The van der Waals surface area contributed by atoms with Crippen molar-refractivity contribution < 1.29 is 4.79 Å². The number of likely N-dealkylation sites (tertiary alicyclic amines) is 1. The minimum Gasteiger partial charge on any atom is -0.339 e. The highest BCUT2D eigenvalue weighted by Gasteiger charge is 2.24. The van der Waals surface area contributed by atoms with Crippen LogP contribution in [-0.2, 0) is 0 Å². The number of carbonyl (C=O) groups excluding carboxylic acids is 1. The summed E-state index contributed by atoms with van der Waals surface area (Å²) in [6.07, 6.45) is 2.07. The summed E-state index contributed by atoms with van der Waals surface area (Å²) in [5.41, 5.74) is 0.501. The Balaban J connectivity index is 2.03. The number of carbonyl (C=O) groups is 1. The fraction of sp³-hybridized carbons (Fsp3) is 0.500. The molecule has 0 atom stereocenters. The average Bonchev–Trinajstić information content (AvgIpc) is 2.42. The zero-order chi connectivity index (χ0) is 13.8. The van der Waals surface area contributed by atoms with E-state index in [1.165, 1.54) is 0 Å². The lowest BCUT2D eigenvalue weighted by molar-refractivity contribution is 0.0691. The molecule has 1 N–H and O–H groups in total. The maximum atomic E-state index is 12.4. The summed E-state index contributed by atoms with van der Waals surface area (Å²) >= 11 is 12.0. The first-order valence-corrected chi connectivity index (χ1v) is 7.27. The van der Waals surface area contributed by atoms with Crippen LogP contribution >= 0.6 is 23.2 Å². The van der Waals surface area contributed by atoms with Crippen LogP contribution in [0.25, 0.3) is 0 Å². The number of benzene rings is 1. The zero-order valence-electron chi connectivity index (χ0n) is 11.0. The van der Waals surface area contributed by atoms with Gasteiger partial charge >= 0.3 is 0 Å². The van der Waals surface area contributed by atoms with Crippen molar-refractivity contribution in [3.63, 3.8) is 0 Å². The van der Waals surface area contributed by atoms with Crippen molar-refractivity contribution in [1.29, 1.82) is 0 Å². The van der Waals surface area contributed by atoms with Crippen molar-refractivity contribution in [3.8, 4) is 0 Å². The number of halogens is 2. The van der Waals surface area contributed by atoms with Gasteiger partial charge in [0.1, 0.15) is 0 Å². The molecule has 3 nitrogen and oxygen atoms in total. The molecule has 0 saturated carbocycles. The van der Waals surface area contributed by atoms with Crippen LogP contribution in [0.5, 0.6) is 0 Å². The number of hydrogen-bond acceptors (Lipinski definition) is 2. The van der Waals surface area contributed by atoms with Gasteiger partial charge in [-0.25, -0.2) is 0 Å². The molecular formula is C14H18Cl2N2O. The van der Waals surface area contributed by atoms with E-state index in [4.69, 9.17) is 23.2 Å². The van der Waals surface area contributed by atoms with E-state index in [2.05, 4.69) is 5.32 Å². The Bertz CT molecular complexity index is 457. The van der Waals surface area contributed by atoms with Crippen molar-refractivity contribution in [2.45, 2.75) is 12.8 Å². The molecule has 1 saturated heterocycles. The van der Waals surface area contributed by atoms with Crippen molar-refractivity contribution in [2.75, 3.05) is 26.7 Å². The van der Waals surface area contributed by atoms with Gasteiger partial charge in [-0.2, -0.15) is 0 Å². The Hall–Kier alpha value is -0.770. The Kier molecular flexibility index (Phi) is 5.08. The monoisotopic (exact) mass is 300 g/mol. The van der Waals surface area contributed by atoms with Gasteiger partial charge in [0.15, 0.2) is 0 Å². The minimum atomic E-state index is -0.0181. The summed E-state index contributed by atoms with van der Waals surface area (Å²) in [5, 5.41) is 3.97. The number of rotatable bonds is 3. The van der Waals surface area contributed by atoms with Gasteiger partial charge in [-0.05, 0) is 44.5 Å². The fourth-order valence-electron chi connectivity index (χ4n) is 2.47. The van der Waals surface area contributed by atoms with Crippen LogP contribution in [0.15, 0.2) is 18.2 Å². The molecule has 2 rings (SSSR count). The molecular weight excluding hydrogens is 283 g/mol. The maximum absolute atomic E-state index is 12.4. The molecule has 5 heteroatoms. The first-order valence-electron chi connectivity index (χ1n) is 6.51. The maximum Gasteiger partial charge on any atom is 0.255 e. The lowest BCUT2D eigenvalue weighted by atomic mass is 9.96. The van der Waals surface area contributed by atoms with Crippen molar-refractivity contribution in [1.82, 2.24) is 10.2 Å². The molecule has 1 heterocycles. The molecule has 1 aromatic rings. The van der Waals surface area contributed by atoms with Gasteiger partial charge < -0.3 is 10.2 Å². The predicted octanol–water partition coefficient (Wildman–Crippen LogP) is 3.07. The highest BCUT2D eigenvalue weighted by atomic mass is 35.5. The van der Waals surface area contributed by atoms with Crippen molar-refractivity contribution in [3.05, 3.63) is 33.8 Å². The number of hydrogen-bond donors (Lipinski definition) is 1. The van der Waals surface area contributed by atoms with Crippen molar-refractivity contribution in [2.24, 2.45) is 5.92 Å². The molecule has 1 fully saturated rings. The first-order chi connectivity index (χ1) is 9.13. The number of amides is 1. The molecule has 0 aromatic heterocycles. The second-order valence-corrected chi connectivity index (χ2v) is 5.68. The third-order valence-corrected chi connectivity index (χ3v) is 4.40. The lowest BCUT2D eigenvalue weighted by Crippen LogP contribution is -2.40. The summed E-state index contributed by atoms with van der Waals surface area (Å²) in [6.45, 7) is 2.59. The standard InChI is InChI=1S/C14H18Cl2N2O/c1-17-9-10-5-7-18(8-6-10)14(19)11-3-2-4-12(15)13(11)16/h2-4,10,17H,5-9H2,1H3. The van der Waals surface area contributed by atoms with E-state index in [0.29, 0.717) is 21.5 Å². The number of nitrogens with one attached hydrogen (secondary N) is 1. The average molecular weight is 301 g/mol. The van der Waals surface area contributed by atoms with Gasteiger partial charge in [0.25, 0.3) is 5.91 Å². The van der Waals surface area contributed by atoms with Gasteiger partial charge in [0.05, 0.1) is 15.6 Å². The number of nitrogens with zero attached hydrogens (tertiary/aromatic N) is 1. The van der Waals surface area contributed by atoms with Gasteiger partial charge in [-0.1, -0.05) is 29.3 Å². The van der Waals surface area contributed by atoms with E-state index in [0.717, 1.165) is 32.5 Å². The first kappa shape index (κ1) is 14.6. The molecule has 0 unspecified atom stereocenters. The van der Waals surface area contributed by atoms with Crippen LogP contribution in [0.1, 0.15) is 23.2 Å². The van der Waals surface area contributed by atoms with Gasteiger partial charge in [0, 0.05) is 13.1 Å². The quantitative estimate of drug-likeness (QED) is 0.930. The SMILES string of the molecule is CNCC1CCN(C(=O)c2cccc(Cl)c2Cl)CC1. The molecule has 104 valence electrons. The van der Waals surface area contributed by atoms with Crippen LogP contribution in [0.3, 0.4) is 0 Å². The molecule has 1 aliphatic rings. The summed E-state index contributed by atoms with van der Waals surface area (Å²) in [7, 11) is 1.96. The summed E-state index contributed by atoms with van der Waals surface area (Å²) in [6, 6.07) is 5.19. The second kappa shape index (κ2) is 6.60. The molecule has 0 spiro atoms. The van der Waals surface area contributed by atoms with Crippen LogP contribution in [0, 0.1) is 5.92 Å². The Labute approximate surface area is 123 Å². The van der Waals surface area contributed by atoms with Crippen LogP contribution in [0.4, 0.5) is 0 Å². The van der Waals surface area contributed by atoms with Crippen LogP contribution in [-0.4, -0.2) is 37.5 Å². The van der Waals surface area contributed by atoms with E-state index in [1.54, 1.807) is 18.2 Å². The van der Waals surface area contributed by atoms with Crippen LogP contribution in [0.2, 0.25) is 10.0 Å². The Morgan fingerprint density at radius 3 is 2.68 bits per heavy atom. The Morgan fingerprint density at radius 2 is 2.05 bits per heavy atom. The van der Waals surface area contributed by atoms with Crippen LogP contribution < -0.4 is 5.32 Å². The van der Waals surface area contributed by atoms with E-state index in [9.17, 15) is 4.79 Å². The highest BCUT2D eigenvalue weighted by molar-refractivity contribution is 6.43. The molecule has 0 aliphatic carbocycles. The fourth-order valence-corrected chi connectivity index (χ4v) is 2.85. The number of piperidine rings is 1. The van der Waals surface area contributed by atoms with Gasteiger partial charge in [-0.15, -0.1) is 0 Å². The second-order valence-electron chi connectivity index (χ2n) is 4.89. The smallest absolute Gasteiger partial charge is 0.255 e. The largest absolute Gasteiger partial charge is 0.339 e. The van der Waals surface area contributed by atoms with E-state index >= 15 is 0 Å². The third kappa shape index (κ3) is 3.41. The lowest BCUT2D eigenvalue weighted by Gasteiger charge is -2.32. The summed E-state index contributed by atoms with van der Waals surface area (Å²) in [5.74, 6) is 0.638. The topological polar surface area (TPSA) is 32.3 Å². The summed E-state index contributed by atoms with van der Waals surface area (Å²) < 4.78 is 0. The van der Waals surface area contributed by atoms with E-state index in [-0.39, 0.29) is 5.91 Å². The van der Waals surface area contributed by atoms with Gasteiger partial charge in [-0.3, -0.25) is 4.79 Å². The molecule has 19 heavy (non-hydrogen) atoms. The molecule has 0 bridgehead atoms. The molecule has 1 aliphatic heterocycles. The Morgan fingerprint density at radius 1 is 1.37 bits per heavy atom. The van der Waals surface area contributed by atoms with E-state index < -0.39 is 0 Å². The third-order valence-electron chi connectivity index (χ3n) is 3.58. The molecule has 1 aromatic carbocycles. The minimum absolute atomic E-state index is 0.0181. The molecule has 0 radical (unpaired) electrons.